The largest absolute Gasteiger partial charge is 0.444 e. The van der Waals surface area contributed by atoms with Crippen LogP contribution in [0.1, 0.15) is 44.1 Å². The molecule has 0 saturated carbocycles. The van der Waals surface area contributed by atoms with Crippen molar-refractivity contribution in [3.63, 3.8) is 0 Å². The molecule has 1 amide bonds. The molecule has 0 unspecified atom stereocenters. The molecule has 1 fully saturated rings. The molecule has 5 nitrogen and oxygen atoms in total. The van der Waals surface area contributed by atoms with Crippen molar-refractivity contribution in [3.05, 3.63) is 21.9 Å². The van der Waals surface area contributed by atoms with E-state index < -0.39 is 5.60 Å². The molecule has 0 spiro atoms. The average molecular weight is 321 g/mol. The Kier molecular flexibility index (Phi) is 5.43. The first-order chi connectivity index (χ1) is 10.4. The molecule has 0 radical (unpaired) electrons. The standard InChI is InChI=1S/C16H23N3O2S/c1-16(2,3)21-15(20)18-13-5-4-6-19(9-13)10-14-7-12(8-17)11-22-14/h7,11,13H,4-6,9-10H2,1-3H3,(H,18,20)/t13-/m1/s1. The lowest BCUT2D eigenvalue weighted by Gasteiger charge is -2.33. The number of hydrogen-bond acceptors (Lipinski definition) is 5. The van der Waals surface area contributed by atoms with Gasteiger partial charge in [-0.05, 0) is 46.2 Å². The summed E-state index contributed by atoms with van der Waals surface area (Å²) in [5.74, 6) is 0. The fourth-order valence-electron chi connectivity index (χ4n) is 2.53. The number of nitriles is 1. The molecule has 1 saturated heterocycles. The first-order valence-electron chi connectivity index (χ1n) is 7.55. The van der Waals surface area contributed by atoms with Crippen LogP contribution in [0.15, 0.2) is 11.4 Å². The van der Waals surface area contributed by atoms with Crippen LogP contribution in [0.25, 0.3) is 0 Å². The van der Waals surface area contributed by atoms with E-state index in [1.54, 1.807) is 11.3 Å². The number of alkyl carbamates (subject to hydrolysis) is 1. The lowest BCUT2D eigenvalue weighted by Crippen LogP contribution is -2.48. The molecule has 6 heteroatoms. The van der Waals surface area contributed by atoms with Crippen molar-refractivity contribution in [2.24, 2.45) is 0 Å². The minimum absolute atomic E-state index is 0.124. The van der Waals surface area contributed by atoms with Gasteiger partial charge in [-0.15, -0.1) is 11.3 Å². The third kappa shape index (κ3) is 5.32. The van der Waals surface area contributed by atoms with Gasteiger partial charge in [0.2, 0.25) is 0 Å². The third-order valence-corrected chi connectivity index (χ3v) is 4.31. The molecule has 1 aromatic heterocycles. The number of nitrogens with zero attached hydrogens (tertiary/aromatic N) is 2. The van der Waals surface area contributed by atoms with Gasteiger partial charge < -0.3 is 10.1 Å². The lowest BCUT2D eigenvalue weighted by molar-refractivity contribution is 0.0470. The van der Waals surface area contributed by atoms with Crippen molar-refractivity contribution in [1.82, 2.24) is 10.2 Å². The summed E-state index contributed by atoms with van der Waals surface area (Å²) in [7, 11) is 0. The molecular weight excluding hydrogens is 298 g/mol. The molecule has 2 rings (SSSR count). The van der Waals surface area contributed by atoms with Gasteiger partial charge in [0.05, 0.1) is 5.56 Å². The van der Waals surface area contributed by atoms with Crippen molar-refractivity contribution >= 4 is 17.4 Å². The monoisotopic (exact) mass is 321 g/mol. The zero-order chi connectivity index (χ0) is 16.2. The second-order valence-electron chi connectivity index (χ2n) is 6.63. The van der Waals surface area contributed by atoms with Crippen LogP contribution in [0.2, 0.25) is 0 Å². The van der Waals surface area contributed by atoms with Gasteiger partial charge in [-0.3, -0.25) is 4.90 Å². The van der Waals surface area contributed by atoms with E-state index in [-0.39, 0.29) is 12.1 Å². The minimum Gasteiger partial charge on any atom is -0.444 e. The number of likely N-dealkylation sites (tertiary alicyclic amines) is 1. The smallest absolute Gasteiger partial charge is 0.407 e. The highest BCUT2D eigenvalue weighted by Gasteiger charge is 2.24. The quantitative estimate of drug-likeness (QED) is 0.929. The Bertz CT molecular complexity index is 556. The van der Waals surface area contributed by atoms with Gasteiger partial charge in [0.1, 0.15) is 11.7 Å². The molecule has 0 bridgehead atoms. The first-order valence-corrected chi connectivity index (χ1v) is 8.43. The van der Waals surface area contributed by atoms with E-state index >= 15 is 0 Å². The molecule has 0 aliphatic carbocycles. The van der Waals surface area contributed by atoms with Crippen LogP contribution in [0.4, 0.5) is 4.79 Å². The number of carbonyl (C=O) groups is 1. The molecule has 0 aromatic carbocycles. The Hall–Kier alpha value is -1.58. The lowest BCUT2D eigenvalue weighted by atomic mass is 10.1. The summed E-state index contributed by atoms with van der Waals surface area (Å²) in [4.78, 5) is 15.4. The van der Waals surface area contributed by atoms with Crippen LogP contribution in [0.3, 0.4) is 0 Å². The second-order valence-corrected chi connectivity index (χ2v) is 7.63. The van der Waals surface area contributed by atoms with Gasteiger partial charge in [0, 0.05) is 29.4 Å². The number of nitrogens with one attached hydrogen (secondary N) is 1. The highest BCUT2D eigenvalue weighted by molar-refractivity contribution is 7.10. The van der Waals surface area contributed by atoms with E-state index in [9.17, 15) is 4.79 Å². The maximum Gasteiger partial charge on any atom is 0.407 e. The van der Waals surface area contributed by atoms with Crippen LogP contribution >= 0.6 is 11.3 Å². The number of piperidine rings is 1. The van der Waals surface area contributed by atoms with Crippen LogP contribution in [-0.2, 0) is 11.3 Å². The van der Waals surface area contributed by atoms with Crippen molar-refractivity contribution in [2.75, 3.05) is 13.1 Å². The first kappa shape index (κ1) is 16.8. The SMILES string of the molecule is CC(C)(C)OC(=O)N[C@@H]1CCCN(Cc2cc(C#N)cs2)C1. The Labute approximate surface area is 135 Å². The van der Waals surface area contributed by atoms with E-state index in [0.717, 1.165) is 38.0 Å². The average Bonchev–Trinajstić information content (AvgIpc) is 2.84. The Morgan fingerprint density at radius 2 is 2.36 bits per heavy atom. The summed E-state index contributed by atoms with van der Waals surface area (Å²) in [6.45, 7) is 8.26. The number of carbonyl (C=O) groups excluding carboxylic acids is 1. The predicted molar refractivity (Wildman–Crippen MR) is 86.7 cm³/mol. The topological polar surface area (TPSA) is 65.4 Å². The zero-order valence-electron chi connectivity index (χ0n) is 13.4. The summed E-state index contributed by atoms with van der Waals surface area (Å²) >= 11 is 1.61. The van der Waals surface area contributed by atoms with Gasteiger partial charge >= 0.3 is 6.09 Å². The molecule has 1 atom stereocenters. The predicted octanol–water partition coefficient (Wildman–Crippen LogP) is 3.11. The molecule has 1 aromatic rings. The highest BCUT2D eigenvalue weighted by Crippen LogP contribution is 2.19. The number of rotatable bonds is 3. The van der Waals surface area contributed by atoms with E-state index in [1.807, 2.05) is 32.2 Å². The fraction of sp³-hybridized carbons (Fsp3) is 0.625. The summed E-state index contributed by atoms with van der Waals surface area (Å²) < 4.78 is 5.31. The number of thiophene rings is 1. The maximum absolute atomic E-state index is 11.8. The number of hydrogen-bond donors (Lipinski definition) is 1. The van der Waals surface area contributed by atoms with Gasteiger partial charge in [0.25, 0.3) is 0 Å². The minimum atomic E-state index is -0.469. The van der Waals surface area contributed by atoms with Gasteiger partial charge in [0.15, 0.2) is 0 Å². The van der Waals surface area contributed by atoms with Gasteiger partial charge in [-0.25, -0.2) is 4.79 Å². The van der Waals surface area contributed by atoms with Gasteiger partial charge in [-0.1, -0.05) is 0 Å². The Morgan fingerprint density at radius 1 is 1.59 bits per heavy atom. The Balaban J connectivity index is 1.84. The molecular formula is C16H23N3O2S. The van der Waals surface area contributed by atoms with Crippen molar-refractivity contribution in [2.45, 2.75) is 51.8 Å². The zero-order valence-corrected chi connectivity index (χ0v) is 14.2. The molecule has 2 heterocycles. The maximum atomic E-state index is 11.8. The third-order valence-electron chi connectivity index (χ3n) is 3.39. The second kappa shape index (κ2) is 7.12. The van der Waals surface area contributed by atoms with Gasteiger partial charge in [-0.2, -0.15) is 5.26 Å². The van der Waals surface area contributed by atoms with Crippen LogP contribution in [0, 0.1) is 11.3 Å². The summed E-state index contributed by atoms with van der Waals surface area (Å²) in [6, 6.07) is 4.22. The molecule has 1 N–H and O–H groups in total. The van der Waals surface area contributed by atoms with Crippen LogP contribution in [0.5, 0.6) is 0 Å². The number of amides is 1. The van der Waals surface area contributed by atoms with Crippen molar-refractivity contribution in [3.8, 4) is 6.07 Å². The van der Waals surface area contributed by atoms with Crippen LogP contribution < -0.4 is 5.32 Å². The van der Waals surface area contributed by atoms with Crippen molar-refractivity contribution < 1.29 is 9.53 Å². The number of ether oxygens (including phenoxy) is 1. The molecule has 22 heavy (non-hydrogen) atoms. The van der Waals surface area contributed by atoms with Crippen LogP contribution in [-0.4, -0.2) is 35.7 Å². The molecule has 1 aliphatic rings. The summed E-state index contributed by atoms with van der Waals surface area (Å²) in [6.07, 6.45) is 1.68. The molecule has 1 aliphatic heterocycles. The van der Waals surface area contributed by atoms with E-state index in [0.29, 0.717) is 0 Å². The van der Waals surface area contributed by atoms with Crippen molar-refractivity contribution in [1.29, 1.82) is 5.26 Å². The summed E-state index contributed by atoms with van der Waals surface area (Å²) in [5.41, 5.74) is 0.253. The highest BCUT2D eigenvalue weighted by atomic mass is 32.1. The van der Waals surface area contributed by atoms with E-state index in [2.05, 4.69) is 16.3 Å². The van der Waals surface area contributed by atoms with E-state index in [4.69, 9.17) is 10.00 Å². The summed E-state index contributed by atoms with van der Waals surface area (Å²) in [5, 5.41) is 13.7. The normalized spacial score (nSPS) is 19.5. The fourth-order valence-corrected chi connectivity index (χ4v) is 3.38. The molecule has 120 valence electrons. The van der Waals surface area contributed by atoms with E-state index in [1.165, 1.54) is 4.88 Å². The Morgan fingerprint density at radius 3 is 3.00 bits per heavy atom.